The Balaban J connectivity index is 0.000000640. The van der Waals surface area contributed by atoms with Gasteiger partial charge in [-0.1, -0.05) is 0 Å². The van der Waals surface area contributed by atoms with Crippen LogP contribution in [-0.4, -0.2) is 39.5 Å². The first-order valence-electron chi connectivity index (χ1n) is 1.92. The molecule has 1 aromatic heterocycles. The van der Waals surface area contributed by atoms with E-state index in [1.165, 1.54) is 12.4 Å². The van der Waals surface area contributed by atoms with Crippen LogP contribution < -0.4 is 4.84 Å². The molecule has 0 unspecified atom stereocenters. The van der Waals surface area contributed by atoms with E-state index in [-0.39, 0.29) is 35.6 Å². The van der Waals surface area contributed by atoms with Crippen molar-refractivity contribution in [2.75, 3.05) is 0 Å². The van der Waals surface area contributed by atoms with Crippen LogP contribution in [0.1, 0.15) is 0 Å². The third kappa shape index (κ3) is 2.59. The first-order valence-corrected chi connectivity index (χ1v) is 1.92. The Morgan fingerprint density at radius 3 is 3.00 bits per heavy atom. The quantitative estimate of drug-likeness (QED) is 0.349. The molecule has 44 valence electrons. The summed E-state index contributed by atoms with van der Waals surface area (Å²) in [5, 5.41) is 2.13. The average molecular weight is 137 g/mol. The second kappa shape index (κ2) is 4.49. The van der Waals surface area contributed by atoms with Gasteiger partial charge in [-0.3, -0.25) is 4.84 Å². The molecule has 6 heteroatoms. The molecule has 0 aliphatic rings. The summed E-state index contributed by atoms with van der Waals surface area (Å²) in [5.41, 5.74) is 0. The maximum atomic E-state index is 9.34. The minimum atomic E-state index is 0. The standard InChI is InChI=1S/C3H3N3O2.Na.H/c7-6-8-3-4-1-2-5-3;;/h1-2H,(H,4,5);;. The third-order valence-electron chi connectivity index (χ3n) is 0.597. The molecule has 0 fully saturated rings. The summed E-state index contributed by atoms with van der Waals surface area (Å²) in [5.74, 6) is 0. The number of aromatic nitrogens is 2. The predicted molar refractivity (Wildman–Crippen MR) is 32.2 cm³/mol. The monoisotopic (exact) mass is 137 g/mol. The van der Waals surface area contributed by atoms with Gasteiger partial charge in [0.15, 0.2) is 5.34 Å². The van der Waals surface area contributed by atoms with E-state index in [2.05, 4.69) is 20.1 Å². The van der Waals surface area contributed by atoms with Crippen molar-refractivity contribution in [3.8, 4) is 6.01 Å². The Bertz CT molecular complexity index is 164. The van der Waals surface area contributed by atoms with E-state index in [9.17, 15) is 4.91 Å². The van der Waals surface area contributed by atoms with Crippen molar-refractivity contribution < 1.29 is 4.84 Å². The molecular formula is C3H4N3NaO2. The fourth-order valence-corrected chi connectivity index (χ4v) is 0.336. The number of hydrogen-bond donors (Lipinski definition) is 1. The summed E-state index contributed by atoms with van der Waals surface area (Å²) in [6.07, 6.45) is 2.99. The van der Waals surface area contributed by atoms with E-state index < -0.39 is 0 Å². The van der Waals surface area contributed by atoms with Gasteiger partial charge in [-0.25, -0.2) is 4.98 Å². The second-order valence-corrected chi connectivity index (χ2v) is 1.06. The summed E-state index contributed by atoms with van der Waals surface area (Å²) in [6, 6.07) is 0.111. The SMILES string of the molecule is O=NOc1ncc[nH]1.[NaH]. The molecular weight excluding hydrogens is 133 g/mol. The molecule has 1 N–H and O–H groups in total. The van der Waals surface area contributed by atoms with Gasteiger partial charge in [0.2, 0.25) is 0 Å². The van der Waals surface area contributed by atoms with Gasteiger partial charge in [0.25, 0.3) is 0 Å². The first kappa shape index (κ1) is 8.61. The number of nitrogens with zero attached hydrogens (tertiary/aromatic N) is 2. The Kier molecular flexibility index (Phi) is 4.29. The van der Waals surface area contributed by atoms with Gasteiger partial charge in [-0.05, 0) is 0 Å². The van der Waals surface area contributed by atoms with Crippen molar-refractivity contribution in [3.63, 3.8) is 0 Å². The van der Waals surface area contributed by atoms with E-state index in [0.717, 1.165) is 0 Å². The average Bonchev–Trinajstić information content (AvgIpc) is 2.19. The first-order chi connectivity index (χ1) is 3.93. The maximum absolute atomic E-state index is 9.34. The second-order valence-electron chi connectivity index (χ2n) is 1.06. The fraction of sp³-hybridized carbons (Fsp3) is 0. The van der Waals surface area contributed by atoms with Crippen molar-refractivity contribution in [1.82, 2.24) is 9.97 Å². The normalized spacial score (nSPS) is 7.56. The van der Waals surface area contributed by atoms with Crippen LogP contribution >= 0.6 is 0 Å². The van der Waals surface area contributed by atoms with Crippen LogP contribution in [0.15, 0.2) is 17.7 Å². The molecule has 0 bridgehead atoms. The van der Waals surface area contributed by atoms with E-state index >= 15 is 0 Å². The van der Waals surface area contributed by atoms with Gasteiger partial charge < -0.3 is 4.98 Å². The van der Waals surface area contributed by atoms with Crippen molar-refractivity contribution in [2.45, 2.75) is 0 Å². The number of nitrogens with one attached hydrogen (secondary N) is 1. The van der Waals surface area contributed by atoms with E-state index in [1.54, 1.807) is 0 Å². The van der Waals surface area contributed by atoms with Gasteiger partial charge in [0.05, 0.1) is 0 Å². The molecule has 0 saturated carbocycles. The molecule has 0 atom stereocenters. The van der Waals surface area contributed by atoms with Gasteiger partial charge in [0, 0.05) is 12.4 Å². The molecule has 0 aliphatic heterocycles. The van der Waals surface area contributed by atoms with Crippen LogP contribution in [0.25, 0.3) is 0 Å². The number of hydrogen-bond acceptors (Lipinski definition) is 4. The zero-order valence-electron chi connectivity index (χ0n) is 3.87. The van der Waals surface area contributed by atoms with E-state index in [1.807, 2.05) is 0 Å². The van der Waals surface area contributed by atoms with Gasteiger partial charge in [-0.15, -0.1) is 4.91 Å². The fourth-order valence-electron chi connectivity index (χ4n) is 0.336. The Morgan fingerprint density at radius 2 is 2.56 bits per heavy atom. The predicted octanol–water partition coefficient (Wildman–Crippen LogP) is -0.179. The van der Waals surface area contributed by atoms with Crippen LogP contribution in [0, 0.1) is 4.91 Å². The molecule has 0 aliphatic carbocycles. The summed E-state index contributed by atoms with van der Waals surface area (Å²) in [6.45, 7) is 0. The number of rotatable bonds is 2. The van der Waals surface area contributed by atoms with E-state index in [4.69, 9.17) is 0 Å². The summed E-state index contributed by atoms with van der Waals surface area (Å²) < 4.78 is 0. The zero-order valence-corrected chi connectivity index (χ0v) is 3.87. The van der Waals surface area contributed by atoms with Crippen LogP contribution in [0.3, 0.4) is 0 Å². The van der Waals surface area contributed by atoms with Gasteiger partial charge in [0.1, 0.15) is 0 Å². The third-order valence-corrected chi connectivity index (χ3v) is 0.597. The van der Waals surface area contributed by atoms with Crippen LogP contribution in [0.4, 0.5) is 0 Å². The van der Waals surface area contributed by atoms with E-state index in [0.29, 0.717) is 0 Å². The molecule has 0 radical (unpaired) electrons. The number of H-pyrrole nitrogens is 1. The van der Waals surface area contributed by atoms with Crippen molar-refractivity contribution in [1.29, 1.82) is 0 Å². The Morgan fingerprint density at radius 1 is 1.78 bits per heavy atom. The van der Waals surface area contributed by atoms with Crippen molar-refractivity contribution >= 4 is 29.6 Å². The van der Waals surface area contributed by atoms with Crippen LogP contribution in [0.5, 0.6) is 6.01 Å². The molecule has 1 rings (SSSR count). The minimum absolute atomic E-state index is 0. The Labute approximate surface area is 73.0 Å². The van der Waals surface area contributed by atoms with Gasteiger partial charge >= 0.3 is 35.6 Å². The molecule has 0 aromatic carbocycles. The van der Waals surface area contributed by atoms with Crippen molar-refractivity contribution in [3.05, 3.63) is 17.3 Å². The summed E-state index contributed by atoms with van der Waals surface area (Å²) in [7, 11) is 0. The molecule has 9 heavy (non-hydrogen) atoms. The Hall–Kier alpha value is -0.390. The zero-order chi connectivity index (χ0) is 5.82. The number of aromatic amines is 1. The molecule has 5 nitrogen and oxygen atoms in total. The number of imidazole rings is 1. The molecule has 0 spiro atoms. The summed E-state index contributed by atoms with van der Waals surface area (Å²) in [4.78, 5) is 19.4. The molecule has 1 aromatic rings. The molecule has 0 amide bonds. The summed E-state index contributed by atoms with van der Waals surface area (Å²) >= 11 is 0. The van der Waals surface area contributed by atoms with Crippen LogP contribution in [-0.2, 0) is 0 Å². The molecule has 0 saturated heterocycles. The molecule has 1 heterocycles. The van der Waals surface area contributed by atoms with Crippen molar-refractivity contribution in [2.24, 2.45) is 5.34 Å². The van der Waals surface area contributed by atoms with Crippen LogP contribution in [0.2, 0.25) is 0 Å². The topological polar surface area (TPSA) is 67.3 Å². The van der Waals surface area contributed by atoms with Gasteiger partial charge in [-0.2, -0.15) is 0 Å².